The normalized spacial score (nSPS) is 11.7. The maximum Gasteiger partial charge on any atom is 0.266 e. The fraction of sp³-hybridized carbons (Fsp3) is 0.238. The van der Waals surface area contributed by atoms with Crippen molar-refractivity contribution in [3.63, 3.8) is 0 Å². The molecule has 0 aliphatic heterocycles. The van der Waals surface area contributed by atoms with E-state index in [-0.39, 0.29) is 35.0 Å². The quantitative estimate of drug-likeness (QED) is 0.440. The van der Waals surface area contributed by atoms with E-state index in [0.717, 1.165) is 21.1 Å². The first-order chi connectivity index (χ1) is 15.3. The van der Waals surface area contributed by atoms with Crippen LogP contribution in [0.2, 0.25) is 0 Å². The van der Waals surface area contributed by atoms with Gasteiger partial charge in [0.2, 0.25) is 10.0 Å². The molecule has 0 aliphatic carbocycles. The topological polar surface area (TPSA) is 120 Å². The molecule has 1 N–H and O–H groups in total. The van der Waals surface area contributed by atoms with Gasteiger partial charge in [0.05, 0.1) is 17.1 Å². The lowest BCUT2D eigenvalue weighted by Crippen LogP contribution is -2.32. The molecule has 4 rings (SSSR count). The van der Waals surface area contributed by atoms with Gasteiger partial charge in [0, 0.05) is 18.2 Å². The molecule has 0 atom stereocenters. The molecule has 32 heavy (non-hydrogen) atoms. The van der Waals surface area contributed by atoms with Crippen molar-refractivity contribution in [2.24, 2.45) is 0 Å². The highest BCUT2D eigenvalue weighted by Crippen LogP contribution is 2.33. The van der Waals surface area contributed by atoms with Gasteiger partial charge in [0.1, 0.15) is 21.3 Å². The van der Waals surface area contributed by atoms with Gasteiger partial charge in [-0.15, -0.1) is 11.3 Å². The van der Waals surface area contributed by atoms with Crippen LogP contribution in [0.5, 0.6) is 0 Å². The predicted molar refractivity (Wildman–Crippen MR) is 121 cm³/mol. The van der Waals surface area contributed by atoms with Gasteiger partial charge in [0.25, 0.3) is 5.56 Å². The molecule has 0 spiro atoms. The second kappa shape index (κ2) is 8.77. The molecule has 3 heterocycles. The number of aromatic nitrogens is 4. The SMILES string of the molecule is Cc1nc(-c2ccccc2)sc1-c1ccc(=O)n(CCNS(=O)(=O)c2c(C)noc2C)n1. The number of thiazole rings is 1. The molecule has 0 aliphatic rings. The smallest absolute Gasteiger partial charge is 0.266 e. The minimum atomic E-state index is -3.81. The molecule has 0 unspecified atom stereocenters. The van der Waals surface area contributed by atoms with Crippen LogP contribution in [-0.4, -0.2) is 34.9 Å². The Balaban J connectivity index is 1.54. The lowest BCUT2D eigenvalue weighted by atomic mass is 10.2. The monoisotopic (exact) mass is 471 g/mol. The zero-order chi connectivity index (χ0) is 22.9. The highest BCUT2D eigenvalue weighted by molar-refractivity contribution is 7.89. The van der Waals surface area contributed by atoms with E-state index >= 15 is 0 Å². The first-order valence-corrected chi connectivity index (χ1v) is 12.1. The molecule has 0 radical (unpaired) electrons. The summed E-state index contributed by atoms with van der Waals surface area (Å²) in [6.07, 6.45) is 0. The lowest BCUT2D eigenvalue weighted by molar-refractivity contribution is 0.390. The van der Waals surface area contributed by atoms with E-state index < -0.39 is 10.0 Å². The number of hydrogen-bond acceptors (Lipinski definition) is 8. The zero-order valence-corrected chi connectivity index (χ0v) is 19.3. The summed E-state index contributed by atoms with van der Waals surface area (Å²) in [7, 11) is -3.81. The van der Waals surface area contributed by atoms with Gasteiger partial charge < -0.3 is 4.52 Å². The summed E-state index contributed by atoms with van der Waals surface area (Å²) in [5.74, 6) is 0.210. The van der Waals surface area contributed by atoms with Crippen molar-refractivity contribution in [1.29, 1.82) is 0 Å². The maximum atomic E-state index is 12.6. The average molecular weight is 472 g/mol. The first-order valence-electron chi connectivity index (χ1n) is 9.80. The van der Waals surface area contributed by atoms with E-state index in [1.165, 1.54) is 29.0 Å². The number of sulfonamides is 1. The van der Waals surface area contributed by atoms with E-state index in [1.54, 1.807) is 13.0 Å². The fourth-order valence-corrected chi connectivity index (χ4v) is 5.67. The van der Waals surface area contributed by atoms with E-state index in [4.69, 9.17) is 4.52 Å². The van der Waals surface area contributed by atoms with E-state index in [9.17, 15) is 13.2 Å². The van der Waals surface area contributed by atoms with Crippen molar-refractivity contribution in [2.75, 3.05) is 6.54 Å². The summed E-state index contributed by atoms with van der Waals surface area (Å²) < 4.78 is 33.8. The van der Waals surface area contributed by atoms with Crippen LogP contribution in [0.15, 0.2) is 56.7 Å². The molecule has 0 saturated carbocycles. The van der Waals surface area contributed by atoms with Crippen molar-refractivity contribution in [1.82, 2.24) is 24.6 Å². The summed E-state index contributed by atoms with van der Waals surface area (Å²) in [4.78, 5) is 17.8. The van der Waals surface area contributed by atoms with Crippen LogP contribution < -0.4 is 10.3 Å². The number of hydrogen-bond donors (Lipinski definition) is 1. The van der Waals surface area contributed by atoms with Gasteiger partial charge >= 0.3 is 0 Å². The third-order valence-corrected chi connectivity index (χ3v) is 7.70. The first kappa shape index (κ1) is 22.1. The van der Waals surface area contributed by atoms with Crippen molar-refractivity contribution in [3.05, 3.63) is 70.0 Å². The second-order valence-electron chi connectivity index (χ2n) is 7.13. The highest BCUT2D eigenvalue weighted by Gasteiger charge is 2.23. The van der Waals surface area contributed by atoms with Gasteiger partial charge in [-0.3, -0.25) is 4.79 Å². The van der Waals surface area contributed by atoms with Crippen molar-refractivity contribution in [2.45, 2.75) is 32.2 Å². The standard InChI is InChI=1S/C21H21N5O4S2/c1-13-19(31-21(23-13)16-7-5-4-6-8-16)17-9-10-18(27)26(24-17)12-11-22-32(28,29)20-14(2)25-30-15(20)3/h4-10,22H,11-12H2,1-3H3. The Labute approximate surface area is 188 Å². The van der Waals surface area contributed by atoms with Gasteiger partial charge in [-0.05, 0) is 26.8 Å². The molecule has 3 aromatic heterocycles. The maximum absolute atomic E-state index is 12.6. The number of nitrogens with zero attached hydrogens (tertiary/aromatic N) is 4. The molecule has 0 bridgehead atoms. The Hall–Kier alpha value is -3.15. The van der Waals surface area contributed by atoms with Crippen LogP contribution in [-0.2, 0) is 16.6 Å². The Morgan fingerprint density at radius 1 is 1.06 bits per heavy atom. The molecule has 9 nitrogen and oxygen atoms in total. The van der Waals surface area contributed by atoms with Crippen LogP contribution in [0.3, 0.4) is 0 Å². The van der Waals surface area contributed by atoms with Crippen LogP contribution in [0.4, 0.5) is 0 Å². The Morgan fingerprint density at radius 2 is 1.81 bits per heavy atom. The minimum absolute atomic E-state index is 0.0142. The number of benzene rings is 1. The highest BCUT2D eigenvalue weighted by atomic mass is 32.2. The molecule has 11 heteroatoms. The Bertz CT molecular complexity index is 1400. The predicted octanol–water partition coefficient (Wildman–Crippen LogP) is 2.93. The molecule has 0 fully saturated rings. The van der Waals surface area contributed by atoms with E-state index in [1.807, 2.05) is 37.3 Å². The molecular formula is C21H21N5O4S2. The van der Waals surface area contributed by atoms with Gasteiger partial charge in [-0.1, -0.05) is 35.5 Å². The largest absolute Gasteiger partial charge is 0.360 e. The lowest BCUT2D eigenvalue weighted by Gasteiger charge is -2.08. The molecule has 4 aromatic rings. The van der Waals surface area contributed by atoms with Crippen molar-refractivity contribution < 1.29 is 12.9 Å². The van der Waals surface area contributed by atoms with Crippen LogP contribution in [0.1, 0.15) is 17.1 Å². The summed E-state index contributed by atoms with van der Waals surface area (Å²) in [6, 6.07) is 12.9. The summed E-state index contributed by atoms with van der Waals surface area (Å²) >= 11 is 1.49. The van der Waals surface area contributed by atoms with E-state index in [0.29, 0.717) is 5.69 Å². The number of aryl methyl sites for hydroxylation is 3. The average Bonchev–Trinajstić information content (AvgIpc) is 3.32. The second-order valence-corrected chi connectivity index (χ2v) is 9.83. The minimum Gasteiger partial charge on any atom is -0.360 e. The molecule has 1 aromatic carbocycles. The Morgan fingerprint density at radius 3 is 2.50 bits per heavy atom. The van der Waals surface area contributed by atoms with Crippen molar-refractivity contribution in [3.8, 4) is 21.1 Å². The summed E-state index contributed by atoms with van der Waals surface area (Å²) in [6.45, 7) is 5.04. The third-order valence-electron chi connectivity index (χ3n) is 4.77. The number of rotatable bonds is 7. The van der Waals surface area contributed by atoms with Crippen LogP contribution >= 0.6 is 11.3 Å². The summed E-state index contributed by atoms with van der Waals surface area (Å²) in [5.41, 5.74) is 2.38. The van der Waals surface area contributed by atoms with Gasteiger partial charge in [-0.2, -0.15) is 5.10 Å². The Kier molecular flexibility index (Phi) is 6.04. The van der Waals surface area contributed by atoms with E-state index in [2.05, 4.69) is 20.0 Å². The van der Waals surface area contributed by atoms with Crippen molar-refractivity contribution >= 4 is 21.4 Å². The zero-order valence-electron chi connectivity index (χ0n) is 17.7. The van der Waals surface area contributed by atoms with Gasteiger partial charge in [-0.25, -0.2) is 22.8 Å². The molecule has 0 saturated heterocycles. The molecular weight excluding hydrogens is 450 g/mol. The fourth-order valence-electron chi connectivity index (χ4n) is 3.28. The molecule has 0 amide bonds. The molecule has 166 valence electrons. The van der Waals surface area contributed by atoms with Crippen LogP contribution in [0.25, 0.3) is 21.1 Å². The van der Waals surface area contributed by atoms with Crippen LogP contribution in [0, 0.1) is 20.8 Å². The van der Waals surface area contributed by atoms with Gasteiger partial charge in [0.15, 0.2) is 5.76 Å². The third kappa shape index (κ3) is 4.40. The summed E-state index contributed by atoms with van der Waals surface area (Å²) in [5, 5.41) is 8.98. The number of nitrogens with one attached hydrogen (secondary N) is 1.